The predicted octanol–water partition coefficient (Wildman–Crippen LogP) is 2.79. The monoisotopic (exact) mass is 409 g/mol. The van der Waals surface area contributed by atoms with Gasteiger partial charge in [0.2, 0.25) is 11.7 Å². The van der Waals surface area contributed by atoms with Crippen molar-refractivity contribution in [1.82, 2.24) is 4.98 Å². The van der Waals surface area contributed by atoms with Crippen LogP contribution < -0.4 is 10.2 Å². The number of H-pyrrole nitrogens is 1. The summed E-state index contributed by atoms with van der Waals surface area (Å²) in [4.78, 5) is 53.9. The molecule has 2 N–H and O–H groups in total. The Hall–Kier alpha value is -3.42. The van der Waals surface area contributed by atoms with E-state index in [9.17, 15) is 19.2 Å². The fraction of sp³-hybridized carbons (Fsp3) is 0.364. The Morgan fingerprint density at radius 1 is 1.23 bits per heavy atom. The summed E-state index contributed by atoms with van der Waals surface area (Å²) in [6.07, 6.45) is 1.77. The van der Waals surface area contributed by atoms with E-state index < -0.39 is 18.4 Å². The summed E-state index contributed by atoms with van der Waals surface area (Å²) in [6.45, 7) is 5.21. The maximum atomic E-state index is 12.5. The van der Waals surface area contributed by atoms with Crippen molar-refractivity contribution in [3.8, 4) is 0 Å². The van der Waals surface area contributed by atoms with Crippen LogP contribution in [0.1, 0.15) is 62.2 Å². The third-order valence-corrected chi connectivity index (χ3v) is 5.76. The largest absolute Gasteiger partial charge is 0.454 e. The van der Waals surface area contributed by atoms with Crippen LogP contribution in [0, 0.1) is 13.8 Å². The average molecular weight is 409 g/mol. The minimum Gasteiger partial charge on any atom is -0.454 e. The molecule has 2 aliphatic rings. The number of carbonyl (C=O) groups excluding carboxylic acids is 4. The zero-order chi connectivity index (χ0) is 21.6. The lowest BCUT2D eigenvalue weighted by Crippen LogP contribution is -2.43. The maximum absolute atomic E-state index is 12.5. The molecule has 8 heteroatoms. The molecular formula is C22H23N3O5. The molecule has 0 aliphatic carbocycles. The number of aromatic amines is 1. The number of aryl methyl sites for hydroxylation is 1. The van der Waals surface area contributed by atoms with E-state index >= 15 is 0 Å². The molecule has 4 rings (SSSR count). The fourth-order valence-electron chi connectivity index (χ4n) is 4.40. The molecule has 1 aromatic carbocycles. The molecule has 0 spiro atoms. The molecule has 156 valence electrons. The molecule has 1 amide bonds. The lowest BCUT2D eigenvalue weighted by atomic mass is 10.1. The first-order valence-electron chi connectivity index (χ1n) is 9.90. The summed E-state index contributed by atoms with van der Waals surface area (Å²) in [5.74, 6) is -1.27. The normalized spacial score (nSPS) is 17.2. The first kappa shape index (κ1) is 19.9. The summed E-state index contributed by atoms with van der Waals surface area (Å²) in [7, 11) is 0. The van der Waals surface area contributed by atoms with Gasteiger partial charge in [-0.05, 0) is 57.4 Å². The van der Waals surface area contributed by atoms with E-state index in [1.54, 1.807) is 32.0 Å². The van der Waals surface area contributed by atoms with E-state index in [1.807, 2.05) is 0 Å². The summed E-state index contributed by atoms with van der Waals surface area (Å²) >= 11 is 0. The molecule has 2 aliphatic heterocycles. The fourth-order valence-corrected chi connectivity index (χ4v) is 4.40. The van der Waals surface area contributed by atoms with Gasteiger partial charge < -0.3 is 19.9 Å². The molecule has 0 bridgehead atoms. The number of rotatable bonds is 5. The van der Waals surface area contributed by atoms with Crippen LogP contribution >= 0.6 is 0 Å². The Kier molecular flexibility index (Phi) is 4.93. The molecule has 3 heterocycles. The summed E-state index contributed by atoms with van der Waals surface area (Å²) in [5, 5.41) is 2.85. The minimum atomic E-state index is -0.656. The van der Waals surface area contributed by atoms with Gasteiger partial charge in [0.15, 0.2) is 12.4 Å². The lowest BCUT2D eigenvalue weighted by Gasteiger charge is -2.33. The molecule has 1 atom stereocenters. The van der Waals surface area contributed by atoms with Crippen LogP contribution in [-0.4, -0.2) is 47.6 Å². The Bertz CT molecular complexity index is 1080. The van der Waals surface area contributed by atoms with Gasteiger partial charge in [0.1, 0.15) is 6.04 Å². The highest BCUT2D eigenvalue weighted by molar-refractivity contribution is 6.06. The first-order valence-corrected chi connectivity index (χ1v) is 9.90. The van der Waals surface area contributed by atoms with Gasteiger partial charge in [0, 0.05) is 17.8 Å². The third-order valence-electron chi connectivity index (χ3n) is 5.76. The molecule has 30 heavy (non-hydrogen) atoms. The second-order valence-electron chi connectivity index (χ2n) is 7.75. The quantitative estimate of drug-likeness (QED) is 0.581. The van der Waals surface area contributed by atoms with Gasteiger partial charge in [0.25, 0.3) is 0 Å². The van der Waals surface area contributed by atoms with E-state index in [2.05, 4.69) is 15.2 Å². The Labute approximate surface area is 173 Å². The number of amides is 1. The van der Waals surface area contributed by atoms with Crippen molar-refractivity contribution in [2.24, 2.45) is 0 Å². The van der Waals surface area contributed by atoms with Gasteiger partial charge in [0.05, 0.1) is 22.6 Å². The molecule has 8 nitrogen and oxygen atoms in total. The van der Waals surface area contributed by atoms with Gasteiger partial charge in [-0.1, -0.05) is 0 Å². The number of carbonyl (C=O) groups is 4. The topological polar surface area (TPSA) is 109 Å². The van der Waals surface area contributed by atoms with Crippen LogP contribution in [0.2, 0.25) is 0 Å². The smallest absolute Gasteiger partial charge is 0.338 e. The standard InChI is InChI=1S/C22H23N3O5/c1-11-19(13(3)26)12(2)23-20(11)18(27)10-30-22(29)14-6-7-16-15(9-14)24-21(28)17-5-4-8-25(16)17/h6-7,9,17,23H,4-5,8,10H2,1-3H3,(H,24,28)/t17-/m1/s1. The molecule has 1 aromatic heterocycles. The number of hydrogen-bond donors (Lipinski definition) is 2. The number of anilines is 2. The number of fused-ring (bicyclic) bond motifs is 3. The zero-order valence-corrected chi connectivity index (χ0v) is 17.1. The van der Waals surface area contributed by atoms with Crippen molar-refractivity contribution in [2.75, 3.05) is 23.4 Å². The predicted molar refractivity (Wildman–Crippen MR) is 110 cm³/mol. The van der Waals surface area contributed by atoms with Gasteiger partial charge in [-0.3, -0.25) is 14.4 Å². The molecule has 1 fully saturated rings. The average Bonchev–Trinajstić information content (AvgIpc) is 3.30. The van der Waals surface area contributed by atoms with Crippen LogP contribution in [0.15, 0.2) is 18.2 Å². The van der Waals surface area contributed by atoms with Crippen molar-refractivity contribution < 1.29 is 23.9 Å². The summed E-state index contributed by atoms with van der Waals surface area (Å²) < 4.78 is 5.19. The molecule has 0 saturated carbocycles. The Balaban J connectivity index is 1.47. The number of nitrogens with one attached hydrogen (secondary N) is 2. The molecular weight excluding hydrogens is 386 g/mol. The second kappa shape index (κ2) is 7.44. The number of Topliss-reactive ketones (excluding diaryl/α,β-unsaturated/α-hetero) is 2. The third kappa shape index (κ3) is 3.28. The zero-order valence-electron chi connectivity index (χ0n) is 17.1. The van der Waals surface area contributed by atoms with E-state index in [1.165, 1.54) is 6.92 Å². The first-order chi connectivity index (χ1) is 14.3. The Morgan fingerprint density at radius 2 is 2.00 bits per heavy atom. The van der Waals surface area contributed by atoms with E-state index in [4.69, 9.17) is 4.74 Å². The SMILES string of the molecule is CC(=O)c1c(C)[nH]c(C(=O)COC(=O)c2ccc3c(c2)NC(=O)[C@H]2CCCN32)c1C. The number of hydrogen-bond acceptors (Lipinski definition) is 6. The van der Waals surface area contributed by atoms with Gasteiger partial charge in [-0.25, -0.2) is 4.79 Å². The van der Waals surface area contributed by atoms with Crippen molar-refractivity contribution in [3.63, 3.8) is 0 Å². The van der Waals surface area contributed by atoms with E-state index in [0.717, 1.165) is 25.1 Å². The summed E-state index contributed by atoms with van der Waals surface area (Å²) in [6, 6.07) is 4.85. The van der Waals surface area contributed by atoms with Crippen molar-refractivity contribution in [3.05, 3.63) is 46.3 Å². The van der Waals surface area contributed by atoms with Crippen LogP contribution in [0.3, 0.4) is 0 Å². The van der Waals surface area contributed by atoms with Crippen LogP contribution in [0.5, 0.6) is 0 Å². The number of aromatic nitrogens is 1. The maximum Gasteiger partial charge on any atom is 0.338 e. The van der Waals surface area contributed by atoms with E-state index in [0.29, 0.717) is 22.5 Å². The number of ketones is 2. The van der Waals surface area contributed by atoms with Crippen molar-refractivity contribution in [2.45, 2.75) is 39.7 Å². The highest BCUT2D eigenvalue weighted by Gasteiger charge is 2.36. The second-order valence-corrected chi connectivity index (χ2v) is 7.75. The van der Waals surface area contributed by atoms with Crippen LogP contribution in [-0.2, 0) is 9.53 Å². The minimum absolute atomic E-state index is 0.0699. The van der Waals surface area contributed by atoms with Crippen LogP contribution in [0.4, 0.5) is 11.4 Å². The van der Waals surface area contributed by atoms with Crippen molar-refractivity contribution >= 4 is 34.8 Å². The van der Waals surface area contributed by atoms with Gasteiger partial charge >= 0.3 is 5.97 Å². The molecule has 1 saturated heterocycles. The number of ether oxygens (including phenoxy) is 1. The van der Waals surface area contributed by atoms with Gasteiger partial charge in [-0.2, -0.15) is 0 Å². The van der Waals surface area contributed by atoms with E-state index in [-0.39, 0.29) is 29.0 Å². The highest BCUT2D eigenvalue weighted by atomic mass is 16.5. The number of benzene rings is 1. The van der Waals surface area contributed by atoms with Crippen LogP contribution in [0.25, 0.3) is 0 Å². The molecule has 2 aromatic rings. The highest BCUT2D eigenvalue weighted by Crippen LogP contribution is 2.37. The van der Waals surface area contributed by atoms with Crippen molar-refractivity contribution in [1.29, 1.82) is 0 Å². The van der Waals surface area contributed by atoms with Gasteiger partial charge in [-0.15, -0.1) is 0 Å². The Morgan fingerprint density at radius 3 is 2.70 bits per heavy atom. The number of esters is 1. The molecule has 0 unspecified atom stereocenters. The molecule has 0 radical (unpaired) electrons. The summed E-state index contributed by atoms with van der Waals surface area (Å²) in [5.41, 5.74) is 3.62. The lowest BCUT2D eigenvalue weighted by molar-refractivity contribution is -0.117. The number of nitrogens with zero attached hydrogens (tertiary/aromatic N) is 1.